The summed E-state index contributed by atoms with van der Waals surface area (Å²) in [6.45, 7) is 20.9. The van der Waals surface area contributed by atoms with Crippen molar-refractivity contribution in [3.05, 3.63) is 201 Å². The Hall–Kier alpha value is -5.66. The Balaban J connectivity index is 1.39. The first-order chi connectivity index (χ1) is 27.1. The van der Waals surface area contributed by atoms with Gasteiger partial charge in [-0.05, 0) is 124 Å². The molecule has 0 N–H and O–H groups in total. The van der Waals surface area contributed by atoms with Crippen molar-refractivity contribution in [1.29, 1.82) is 0 Å². The summed E-state index contributed by atoms with van der Waals surface area (Å²) in [6, 6.07) is 54.4. The second kappa shape index (κ2) is 11.0. The van der Waals surface area contributed by atoms with Crippen molar-refractivity contribution < 1.29 is 4.42 Å². The van der Waals surface area contributed by atoms with Crippen LogP contribution in [0.2, 0.25) is 0 Å². The number of fused-ring (bicyclic) bond motifs is 19. The Morgan fingerprint density at radius 1 is 0.316 bits per heavy atom. The molecule has 0 bridgehead atoms. The molecule has 0 amide bonds. The van der Waals surface area contributed by atoms with E-state index in [9.17, 15) is 0 Å². The highest BCUT2D eigenvalue weighted by atomic mass is 16.3. The van der Waals surface area contributed by atoms with Gasteiger partial charge in [0.1, 0.15) is 11.2 Å². The van der Waals surface area contributed by atoms with E-state index in [2.05, 4.69) is 202 Å². The van der Waals surface area contributed by atoms with Gasteiger partial charge in [0.25, 0.3) is 0 Å². The Morgan fingerprint density at radius 2 is 0.702 bits per heavy atom. The lowest BCUT2D eigenvalue weighted by Gasteiger charge is -2.49. The maximum Gasteiger partial charge on any atom is 0.135 e. The maximum absolute atomic E-state index is 6.98. The Bertz CT molecular complexity index is 3020. The number of hydrogen-bond donors (Lipinski definition) is 0. The lowest BCUT2D eigenvalue weighted by molar-refractivity contribution is 0.581. The fourth-order valence-corrected chi connectivity index (χ4v) is 11.0. The van der Waals surface area contributed by atoms with E-state index in [0.29, 0.717) is 0 Å². The molecule has 2 atom stereocenters. The summed E-state index contributed by atoms with van der Waals surface area (Å²) in [4.78, 5) is 0. The lowest BCUT2D eigenvalue weighted by atomic mass is 9.52. The molecule has 1 nitrogen and oxygen atoms in total. The van der Waals surface area contributed by atoms with Gasteiger partial charge in [0.05, 0.1) is 10.8 Å². The van der Waals surface area contributed by atoms with Crippen LogP contribution in [0.5, 0.6) is 0 Å². The zero-order chi connectivity index (χ0) is 39.4. The third-order valence-corrected chi connectivity index (χ3v) is 13.8. The number of benzene rings is 7. The van der Waals surface area contributed by atoms with Crippen LogP contribution in [-0.4, -0.2) is 0 Å². The number of hydrogen-bond acceptors (Lipinski definition) is 1. The molecular formula is C56H50O. The largest absolute Gasteiger partial charge is 0.456 e. The summed E-state index contributed by atoms with van der Waals surface area (Å²) >= 11 is 0. The van der Waals surface area contributed by atoms with Gasteiger partial charge in [-0.15, -0.1) is 0 Å². The van der Waals surface area contributed by atoms with Gasteiger partial charge in [0.15, 0.2) is 0 Å². The molecule has 0 aliphatic heterocycles. The Labute approximate surface area is 337 Å². The number of rotatable bonds is 0. The highest BCUT2D eigenvalue weighted by molar-refractivity contribution is 6.07. The molecule has 1 aromatic heterocycles. The van der Waals surface area contributed by atoms with Crippen LogP contribution < -0.4 is 0 Å². The molecule has 1 heteroatoms. The lowest BCUT2D eigenvalue weighted by Crippen LogP contribution is -2.44. The van der Waals surface area contributed by atoms with Gasteiger partial charge in [-0.2, -0.15) is 0 Å². The summed E-state index contributed by atoms with van der Waals surface area (Å²) in [5, 5.41) is 2.36. The molecule has 2 unspecified atom stereocenters. The molecule has 0 saturated heterocycles. The first-order valence-corrected chi connectivity index (χ1v) is 20.8. The average molecular weight is 739 g/mol. The van der Waals surface area contributed by atoms with E-state index in [1.807, 2.05) is 0 Å². The molecule has 8 aromatic rings. The maximum atomic E-state index is 6.98. The van der Waals surface area contributed by atoms with Crippen LogP contribution in [0.4, 0.5) is 0 Å². The quantitative estimate of drug-likeness (QED) is 0.151. The van der Waals surface area contributed by atoms with Crippen molar-refractivity contribution in [3.63, 3.8) is 0 Å². The topological polar surface area (TPSA) is 13.1 Å². The smallest absolute Gasteiger partial charge is 0.135 e. The molecular weight excluding hydrogens is 689 g/mol. The Kier molecular flexibility index (Phi) is 6.70. The van der Waals surface area contributed by atoms with Crippen molar-refractivity contribution in [3.8, 4) is 22.3 Å². The Morgan fingerprint density at radius 3 is 1.19 bits per heavy atom. The van der Waals surface area contributed by atoms with E-state index in [4.69, 9.17) is 4.42 Å². The van der Waals surface area contributed by atoms with Crippen molar-refractivity contribution in [1.82, 2.24) is 0 Å². The molecule has 1 heterocycles. The predicted molar refractivity (Wildman–Crippen MR) is 238 cm³/mol. The molecule has 0 fully saturated rings. The van der Waals surface area contributed by atoms with E-state index < -0.39 is 10.8 Å². The molecule has 0 radical (unpaired) electrons. The first kappa shape index (κ1) is 34.6. The molecule has 11 rings (SSSR count). The van der Waals surface area contributed by atoms with E-state index in [-0.39, 0.29) is 16.2 Å². The second-order valence-corrected chi connectivity index (χ2v) is 20.1. The number of furan rings is 1. The van der Waals surface area contributed by atoms with Gasteiger partial charge in [-0.3, -0.25) is 0 Å². The normalized spacial score (nSPS) is 19.1. The minimum absolute atomic E-state index is 0.00489. The van der Waals surface area contributed by atoms with Crippen molar-refractivity contribution in [2.75, 3.05) is 0 Å². The van der Waals surface area contributed by atoms with Crippen LogP contribution in [0.1, 0.15) is 124 Å². The molecule has 280 valence electrons. The third-order valence-electron chi connectivity index (χ3n) is 13.8. The average Bonchev–Trinajstić information content (AvgIpc) is 3.79. The van der Waals surface area contributed by atoms with Gasteiger partial charge in [-0.1, -0.05) is 178 Å². The molecule has 2 spiro atoms. The summed E-state index contributed by atoms with van der Waals surface area (Å²) in [6.07, 6.45) is 0. The van der Waals surface area contributed by atoms with Crippen molar-refractivity contribution >= 4 is 21.9 Å². The summed E-state index contributed by atoms with van der Waals surface area (Å²) < 4.78 is 6.98. The van der Waals surface area contributed by atoms with E-state index in [0.717, 1.165) is 11.2 Å². The SMILES string of the molecule is CC(C)(C)c1ccc2c(c1)C1(c3ccccc3-2)c2ccccc2C2(c3ccccc3-c3ccc(C(C)(C)C)cc32)c2cc3c(cc21)oc1ccc(C(C)(C)C)cc13. The van der Waals surface area contributed by atoms with E-state index >= 15 is 0 Å². The van der Waals surface area contributed by atoms with Crippen LogP contribution in [0.25, 0.3) is 44.2 Å². The van der Waals surface area contributed by atoms with Crippen LogP contribution >= 0.6 is 0 Å². The fraction of sp³-hybridized carbons (Fsp3) is 0.250. The van der Waals surface area contributed by atoms with Crippen molar-refractivity contribution in [2.45, 2.75) is 89.4 Å². The molecule has 0 saturated carbocycles. The molecule has 3 aliphatic rings. The van der Waals surface area contributed by atoms with E-state index in [1.54, 1.807) is 0 Å². The zero-order valence-electron chi connectivity index (χ0n) is 34.7. The fourth-order valence-electron chi connectivity index (χ4n) is 11.0. The van der Waals surface area contributed by atoms with Crippen LogP contribution in [-0.2, 0) is 27.1 Å². The van der Waals surface area contributed by atoms with Gasteiger partial charge in [0, 0.05) is 10.8 Å². The third kappa shape index (κ3) is 4.36. The summed E-state index contributed by atoms with van der Waals surface area (Å²) in [5.41, 5.74) is 20.8. The van der Waals surface area contributed by atoms with Gasteiger partial charge in [-0.25, -0.2) is 0 Å². The van der Waals surface area contributed by atoms with Gasteiger partial charge in [0.2, 0.25) is 0 Å². The molecule has 3 aliphatic carbocycles. The highest BCUT2D eigenvalue weighted by Gasteiger charge is 2.59. The minimum atomic E-state index is -0.576. The molecule has 57 heavy (non-hydrogen) atoms. The van der Waals surface area contributed by atoms with Crippen molar-refractivity contribution in [2.24, 2.45) is 0 Å². The first-order valence-electron chi connectivity index (χ1n) is 20.8. The zero-order valence-corrected chi connectivity index (χ0v) is 34.7. The van der Waals surface area contributed by atoms with Crippen LogP contribution in [0.15, 0.2) is 144 Å². The molecule has 7 aromatic carbocycles. The minimum Gasteiger partial charge on any atom is -0.456 e. The predicted octanol–water partition coefficient (Wildman–Crippen LogP) is 14.5. The van der Waals surface area contributed by atoms with Gasteiger partial charge < -0.3 is 4.42 Å². The van der Waals surface area contributed by atoms with E-state index in [1.165, 1.54) is 94.2 Å². The second-order valence-electron chi connectivity index (χ2n) is 20.1. The van der Waals surface area contributed by atoms with Crippen LogP contribution in [0.3, 0.4) is 0 Å². The monoisotopic (exact) mass is 738 g/mol. The van der Waals surface area contributed by atoms with Crippen LogP contribution in [0, 0.1) is 0 Å². The summed E-state index contributed by atoms with van der Waals surface area (Å²) in [7, 11) is 0. The standard InChI is InChI=1S/C56H50O/c1-52(2,3)33-24-27-50-40(28-33)41-31-48-49(32-51(41)57-50)56(43-19-13-11-17-37(43)39-26-23-35(30-47(39)56)54(7,8)9)45-21-15-14-20-44(45)55(48)42-18-12-10-16-36(42)38-25-22-34(29-46(38)55)53(4,5)6/h10-32H,1-9H3. The van der Waals surface area contributed by atoms with Gasteiger partial charge >= 0.3 is 0 Å². The highest BCUT2D eigenvalue weighted by Crippen LogP contribution is 2.68. The summed E-state index contributed by atoms with van der Waals surface area (Å²) in [5.74, 6) is 0.